The van der Waals surface area contributed by atoms with Crippen molar-refractivity contribution in [1.82, 2.24) is 0 Å². The maximum absolute atomic E-state index is 10.6. The van der Waals surface area contributed by atoms with Crippen LogP contribution in [0.2, 0.25) is 0 Å². The summed E-state index contributed by atoms with van der Waals surface area (Å²) in [4.78, 5) is 31.9. The molecular formula is C39H33O6P. The summed E-state index contributed by atoms with van der Waals surface area (Å²) in [5, 5.41) is 26.2. The first-order valence-electron chi connectivity index (χ1n) is 14.0. The van der Waals surface area contributed by atoms with Gasteiger partial charge in [-0.3, -0.25) is 0 Å². The molecule has 230 valence electrons. The van der Waals surface area contributed by atoms with E-state index in [0.29, 0.717) is 16.7 Å². The molecule has 3 N–H and O–H groups in total. The van der Waals surface area contributed by atoms with Crippen LogP contribution < -0.4 is 0 Å². The molecule has 0 amide bonds. The summed E-state index contributed by atoms with van der Waals surface area (Å²) < 4.78 is 0. The van der Waals surface area contributed by atoms with Crippen molar-refractivity contribution in [3.63, 3.8) is 0 Å². The summed E-state index contributed by atoms with van der Waals surface area (Å²) >= 11 is 0. The molecule has 1 unspecified atom stereocenters. The van der Waals surface area contributed by atoms with Crippen LogP contribution in [-0.4, -0.2) is 33.2 Å². The molecule has 6 aromatic carbocycles. The van der Waals surface area contributed by atoms with Gasteiger partial charge in [-0.25, -0.2) is 14.4 Å². The van der Waals surface area contributed by atoms with Gasteiger partial charge in [0.2, 0.25) is 0 Å². The van der Waals surface area contributed by atoms with E-state index < -0.39 is 17.9 Å². The van der Waals surface area contributed by atoms with Gasteiger partial charge in [-0.15, -0.1) is 0 Å². The summed E-state index contributed by atoms with van der Waals surface area (Å²) in [6.07, 6.45) is 0. The van der Waals surface area contributed by atoms with E-state index >= 15 is 0 Å². The molecule has 1 atom stereocenters. The Morgan fingerprint density at radius 3 is 0.630 bits per heavy atom. The van der Waals surface area contributed by atoms with E-state index in [2.05, 4.69) is 0 Å². The van der Waals surface area contributed by atoms with Crippen LogP contribution in [0.3, 0.4) is 0 Å². The monoisotopic (exact) mass is 628 g/mol. The summed E-state index contributed by atoms with van der Waals surface area (Å²) in [6.45, 7) is 0. The number of carboxylic acid groups (broad SMARTS) is 3. The van der Waals surface area contributed by atoms with E-state index in [1.54, 1.807) is 36.4 Å². The Bertz CT molecular complexity index is 1600. The van der Waals surface area contributed by atoms with Crippen LogP contribution in [0.5, 0.6) is 0 Å². The van der Waals surface area contributed by atoms with Crippen LogP contribution >= 0.6 is 9.90 Å². The highest BCUT2D eigenvalue weighted by Gasteiger charge is 2.04. The lowest BCUT2D eigenvalue weighted by Crippen LogP contribution is -1.94. The Morgan fingerprint density at radius 2 is 0.457 bits per heavy atom. The van der Waals surface area contributed by atoms with E-state index in [-0.39, 0.29) is 9.90 Å². The van der Waals surface area contributed by atoms with E-state index in [4.69, 9.17) is 15.3 Å². The molecule has 0 aliphatic carbocycles. The Labute approximate surface area is 270 Å². The van der Waals surface area contributed by atoms with Gasteiger partial charge in [-0.05, 0) is 69.8 Å². The van der Waals surface area contributed by atoms with Crippen molar-refractivity contribution in [2.45, 2.75) is 0 Å². The molecule has 0 radical (unpaired) electrons. The zero-order chi connectivity index (χ0) is 32.0. The summed E-state index contributed by atoms with van der Waals surface area (Å²) in [6, 6.07) is 50.2. The molecule has 46 heavy (non-hydrogen) atoms. The lowest BCUT2D eigenvalue weighted by atomic mass is 10.0. The number of carbonyl (C=O) groups is 3. The topological polar surface area (TPSA) is 112 Å². The second kappa shape index (κ2) is 17.5. The highest BCUT2D eigenvalue weighted by Crippen LogP contribution is 2.21. The van der Waals surface area contributed by atoms with Gasteiger partial charge in [0.05, 0.1) is 16.7 Å². The van der Waals surface area contributed by atoms with Gasteiger partial charge < -0.3 is 15.3 Å². The van der Waals surface area contributed by atoms with Crippen LogP contribution in [0.4, 0.5) is 0 Å². The van der Waals surface area contributed by atoms with E-state index in [1.807, 2.05) is 127 Å². The zero-order valence-corrected chi connectivity index (χ0v) is 26.3. The van der Waals surface area contributed by atoms with E-state index in [0.717, 1.165) is 33.4 Å². The lowest BCUT2D eigenvalue weighted by Gasteiger charge is -2.01. The van der Waals surface area contributed by atoms with Crippen LogP contribution in [0.25, 0.3) is 33.4 Å². The maximum atomic E-state index is 10.6. The standard InChI is InChI=1S/3C13H10O2.H3P/c3*14-13(15)12-8-6-11(7-9-12)10-4-2-1-3-5-10;/h3*1-9H,(H,14,15);1H3. The molecule has 6 rings (SSSR count). The van der Waals surface area contributed by atoms with Gasteiger partial charge in [-0.1, -0.05) is 127 Å². The first-order chi connectivity index (χ1) is 21.8. The molecule has 6 nitrogen and oxygen atoms in total. The van der Waals surface area contributed by atoms with Gasteiger partial charge in [0, 0.05) is 0 Å². The summed E-state index contributed by atoms with van der Waals surface area (Å²) in [5.74, 6) is -2.68. The molecule has 0 spiro atoms. The number of hydrogen-bond donors (Lipinski definition) is 3. The van der Waals surface area contributed by atoms with Crippen molar-refractivity contribution >= 4 is 27.8 Å². The highest BCUT2D eigenvalue weighted by atomic mass is 31.0. The molecule has 6 aromatic rings. The lowest BCUT2D eigenvalue weighted by molar-refractivity contribution is 0.0686. The Kier molecular flexibility index (Phi) is 13.1. The normalized spacial score (nSPS) is 9.65. The number of rotatable bonds is 6. The molecular weight excluding hydrogens is 595 g/mol. The van der Waals surface area contributed by atoms with E-state index in [1.165, 1.54) is 0 Å². The average molecular weight is 629 g/mol. The molecule has 0 saturated carbocycles. The molecule has 0 heterocycles. The first kappa shape index (κ1) is 34.6. The van der Waals surface area contributed by atoms with Crippen molar-refractivity contribution in [3.05, 3.63) is 180 Å². The number of aromatic carboxylic acids is 3. The molecule has 0 bridgehead atoms. The molecule has 7 heteroatoms. The van der Waals surface area contributed by atoms with Crippen LogP contribution in [0.15, 0.2) is 164 Å². The van der Waals surface area contributed by atoms with Crippen LogP contribution in [0, 0.1) is 0 Å². The van der Waals surface area contributed by atoms with Crippen molar-refractivity contribution in [3.8, 4) is 33.4 Å². The highest BCUT2D eigenvalue weighted by molar-refractivity contribution is 6.92. The van der Waals surface area contributed by atoms with Crippen LogP contribution in [-0.2, 0) is 0 Å². The molecule has 0 aromatic heterocycles. The first-order valence-corrected chi connectivity index (χ1v) is 14.0. The van der Waals surface area contributed by atoms with Gasteiger partial charge in [-0.2, -0.15) is 9.90 Å². The smallest absolute Gasteiger partial charge is 0.335 e. The van der Waals surface area contributed by atoms with Crippen LogP contribution in [0.1, 0.15) is 31.1 Å². The molecule has 0 aliphatic heterocycles. The maximum Gasteiger partial charge on any atom is 0.335 e. The van der Waals surface area contributed by atoms with Gasteiger partial charge in [0.15, 0.2) is 0 Å². The summed E-state index contributed by atoms with van der Waals surface area (Å²) in [5.41, 5.74) is 7.30. The fraction of sp³-hybridized carbons (Fsp3) is 0. The van der Waals surface area contributed by atoms with Crippen molar-refractivity contribution in [2.75, 3.05) is 0 Å². The summed E-state index contributed by atoms with van der Waals surface area (Å²) in [7, 11) is 0. The zero-order valence-electron chi connectivity index (χ0n) is 24.9. The van der Waals surface area contributed by atoms with E-state index in [9.17, 15) is 14.4 Å². The van der Waals surface area contributed by atoms with Crippen molar-refractivity contribution in [1.29, 1.82) is 0 Å². The third kappa shape index (κ3) is 10.1. The Hall–Kier alpha value is -5.84. The quantitative estimate of drug-likeness (QED) is 0.159. The minimum Gasteiger partial charge on any atom is -0.478 e. The predicted octanol–water partition coefficient (Wildman–Crippen LogP) is 9.21. The van der Waals surface area contributed by atoms with Gasteiger partial charge in [0.25, 0.3) is 0 Å². The van der Waals surface area contributed by atoms with Gasteiger partial charge in [0.1, 0.15) is 0 Å². The van der Waals surface area contributed by atoms with Crippen molar-refractivity contribution in [2.24, 2.45) is 0 Å². The third-order valence-corrected chi connectivity index (χ3v) is 6.72. The Balaban J connectivity index is 0.000000186. The average Bonchev–Trinajstić information content (AvgIpc) is 3.10. The molecule has 0 saturated heterocycles. The number of carboxylic acids is 3. The molecule has 0 fully saturated rings. The minimum absolute atomic E-state index is 0. The largest absolute Gasteiger partial charge is 0.478 e. The third-order valence-electron chi connectivity index (χ3n) is 6.72. The minimum atomic E-state index is -0.894. The second-order valence-electron chi connectivity index (χ2n) is 9.75. The number of hydrogen-bond acceptors (Lipinski definition) is 3. The fourth-order valence-corrected chi connectivity index (χ4v) is 4.31. The Morgan fingerprint density at radius 1 is 0.283 bits per heavy atom. The van der Waals surface area contributed by atoms with Crippen molar-refractivity contribution < 1.29 is 29.7 Å². The van der Waals surface area contributed by atoms with Gasteiger partial charge >= 0.3 is 17.9 Å². The second-order valence-corrected chi connectivity index (χ2v) is 9.75. The number of benzene rings is 6. The predicted molar refractivity (Wildman–Crippen MR) is 188 cm³/mol. The SMILES string of the molecule is O=C(O)c1ccc(-c2ccccc2)cc1.O=C(O)c1ccc(-c2ccccc2)cc1.O=C(O)c1ccc(-c2ccccc2)cc1.P. The fourth-order valence-electron chi connectivity index (χ4n) is 4.31. The molecule has 0 aliphatic rings.